The van der Waals surface area contributed by atoms with Gasteiger partial charge in [-0.05, 0) is 54.5 Å². The minimum absolute atomic E-state index is 0.512. The van der Waals surface area contributed by atoms with Gasteiger partial charge in [-0.15, -0.1) is 11.3 Å². The van der Waals surface area contributed by atoms with E-state index >= 15 is 0 Å². The molecule has 0 saturated carbocycles. The van der Waals surface area contributed by atoms with Gasteiger partial charge in [0.05, 0.1) is 5.92 Å². The van der Waals surface area contributed by atoms with Crippen molar-refractivity contribution in [2.45, 2.75) is 26.2 Å². The van der Waals surface area contributed by atoms with E-state index in [4.69, 9.17) is 11.6 Å². The Morgan fingerprint density at radius 3 is 2.58 bits per heavy atom. The molecule has 1 aromatic heterocycles. The summed E-state index contributed by atoms with van der Waals surface area (Å²) in [7, 11) is 0. The first-order valence-electron chi connectivity index (χ1n) is 6.01. The van der Waals surface area contributed by atoms with Crippen LogP contribution < -0.4 is 0 Å². The zero-order valence-corrected chi connectivity index (χ0v) is 12.4. The molecule has 2 nitrogen and oxygen atoms in total. The van der Waals surface area contributed by atoms with Gasteiger partial charge in [-0.2, -0.15) is 0 Å². The normalized spacial score (nSPS) is 12.4. The first-order chi connectivity index (χ1) is 8.99. The highest BCUT2D eigenvalue weighted by Gasteiger charge is 2.22. The predicted octanol–water partition coefficient (Wildman–Crippen LogP) is 4.43. The Bertz CT molecular complexity index is 604. The lowest BCUT2D eigenvalue weighted by Gasteiger charge is -2.13. The minimum Gasteiger partial charge on any atom is -0.481 e. The van der Waals surface area contributed by atoms with Crippen molar-refractivity contribution in [1.82, 2.24) is 0 Å². The molecule has 0 radical (unpaired) electrons. The molecule has 0 aliphatic rings. The van der Waals surface area contributed by atoms with Crippen LogP contribution in [-0.2, 0) is 11.2 Å². The average Bonchev–Trinajstić information content (AvgIpc) is 2.75. The lowest BCUT2D eigenvalue weighted by Crippen LogP contribution is -2.14. The van der Waals surface area contributed by atoms with E-state index in [0.29, 0.717) is 11.4 Å². The van der Waals surface area contributed by atoms with E-state index in [1.54, 1.807) is 17.4 Å². The third-order valence-corrected chi connectivity index (χ3v) is 4.71. The molecule has 100 valence electrons. The number of carbonyl (C=O) groups is 1. The average molecular weight is 295 g/mol. The largest absolute Gasteiger partial charge is 0.481 e. The van der Waals surface area contributed by atoms with Crippen molar-refractivity contribution in [3.63, 3.8) is 0 Å². The number of hydrogen-bond acceptors (Lipinski definition) is 2. The second-order valence-electron chi connectivity index (χ2n) is 4.63. The maximum atomic E-state index is 11.5. The van der Waals surface area contributed by atoms with Crippen molar-refractivity contribution in [3.8, 4) is 0 Å². The van der Waals surface area contributed by atoms with Crippen LogP contribution in [0, 0.1) is 13.8 Å². The number of benzene rings is 1. The monoisotopic (exact) mass is 294 g/mol. The summed E-state index contributed by atoms with van der Waals surface area (Å²) in [6, 6.07) is 7.50. The Morgan fingerprint density at radius 2 is 2.05 bits per heavy atom. The standard InChI is InChI=1S/C15H15ClO2S/c1-9-3-4-11(7-13(9)16)12(15(17)18)8-14-10(2)5-6-19-14/h3-7,12H,8H2,1-2H3,(H,17,18). The number of aliphatic carboxylic acids is 1. The molecule has 0 fully saturated rings. The Balaban J connectivity index is 2.32. The summed E-state index contributed by atoms with van der Waals surface area (Å²) in [5.74, 6) is -1.36. The van der Waals surface area contributed by atoms with Crippen LogP contribution in [0.2, 0.25) is 5.02 Å². The molecule has 0 aliphatic carbocycles. The fourth-order valence-electron chi connectivity index (χ4n) is 1.97. The van der Waals surface area contributed by atoms with Crippen LogP contribution in [-0.4, -0.2) is 11.1 Å². The molecule has 0 aliphatic heterocycles. The molecular formula is C15H15ClO2S. The highest BCUT2D eigenvalue weighted by molar-refractivity contribution is 7.10. The third-order valence-electron chi connectivity index (χ3n) is 3.25. The molecule has 1 heterocycles. The number of rotatable bonds is 4. The van der Waals surface area contributed by atoms with Crippen molar-refractivity contribution in [2.75, 3.05) is 0 Å². The van der Waals surface area contributed by atoms with Crippen LogP contribution in [0.3, 0.4) is 0 Å². The Hall–Kier alpha value is -1.32. The predicted molar refractivity (Wildman–Crippen MR) is 79.3 cm³/mol. The van der Waals surface area contributed by atoms with Crippen molar-refractivity contribution in [1.29, 1.82) is 0 Å². The van der Waals surface area contributed by atoms with Crippen molar-refractivity contribution >= 4 is 28.9 Å². The fraction of sp³-hybridized carbons (Fsp3) is 0.267. The first kappa shape index (κ1) is 14.1. The molecule has 2 rings (SSSR count). The van der Waals surface area contributed by atoms with Gasteiger partial charge in [-0.1, -0.05) is 23.7 Å². The number of hydrogen-bond donors (Lipinski definition) is 1. The first-order valence-corrected chi connectivity index (χ1v) is 7.26. The fourth-order valence-corrected chi connectivity index (χ4v) is 3.11. The molecule has 4 heteroatoms. The Labute approximate surface area is 121 Å². The van der Waals surface area contributed by atoms with Gasteiger partial charge in [0.2, 0.25) is 0 Å². The minimum atomic E-state index is -0.812. The second kappa shape index (κ2) is 5.76. The van der Waals surface area contributed by atoms with Crippen molar-refractivity contribution in [3.05, 3.63) is 56.2 Å². The van der Waals surface area contributed by atoms with Crippen LogP contribution in [0.4, 0.5) is 0 Å². The van der Waals surface area contributed by atoms with Crippen molar-refractivity contribution in [2.24, 2.45) is 0 Å². The zero-order valence-electron chi connectivity index (χ0n) is 10.8. The van der Waals surface area contributed by atoms with Crippen LogP contribution >= 0.6 is 22.9 Å². The molecular weight excluding hydrogens is 280 g/mol. The van der Waals surface area contributed by atoms with Crippen LogP contribution in [0.5, 0.6) is 0 Å². The zero-order chi connectivity index (χ0) is 14.0. The summed E-state index contributed by atoms with van der Waals surface area (Å²) in [4.78, 5) is 12.6. The van der Waals surface area contributed by atoms with Gasteiger partial charge >= 0.3 is 5.97 Å². The SMILES string of the molecule is Cc1ccc(C(Cc2sccc2C)C(=O)O)cc1Cl. The van der Waals surface area contributed by atoms with Gasteiger partial charge < -0.3 is 5.11 Å². The summed E-state index contributed by atoms with van der Waals surface area (Å²) in [6.07, 6.45) is 0.512. The molecule has 0 amide bonds. The van der Waals surface area contributed by atoms with E-state index in [1.165, 1.54) is 0 Å². The molecule has 1 aromatic carbocycles. The quantitative estimate of drug-likeness (QED) is 0.906. The Morgan fingerprint density at radius 1 is 1.32 bits per heavy atom. The third kappa shape index (κ3) is 3.17. The maximum Gasteiger partial charge on any atom is 0.311 e. The van der Waals surface area contributed by atoms with E-state index in [1.807, 2.05) is 37.4 Å². The van der Waals surface area contributed by atoms with Gasteiger partial charge in [0.1, 0.15) is 0 Å². The number of carboxylic acid groups (broad SMARTS) is 1. The highest BCUT2D eigenvalue weighted by Crippen LogP contribution is 2.28. The van der Waals surface area contributed by atoms with Gasteiger partial charge in [-0.25, -0.2) is 0 Å². The van der Waals surface area contributed by atoms with Gasteiger partial charge in [0.15, 0.2) is 0 Å². The van der Waals surface area contributed by atoms with Crippen LogP contribution in [0.15, 0.2) is 29.6 Å². The number of halogens is 1. The number of carboxylic acids is 1. The Kier molecular flexibility index (Phi) is 4.27. The highest BCUT2D eigenvalue weighted by atomic mass is 35.5. The molecule has 2 aromatic rings. The van der Waals surface area contributed by atoms with E-state index in [0.717, 1.165) is 21.6 Å². The van der Waals surface area contributed by atoms with Gasteiger partial charge in [-0.3, -0.25) is 4.79 Å². The molecule has 19 heavy (non-hydrogen) atoms. The van der Waals surface area contributed by atoms with E-state index in [-0.39, 0.29) is 0 Å². The summed E-state index contributed by atoms with van der Waals surface area (Å²) in [5.41, 5.74) is 2.87. The van der Waals surface area contributed by atoms with E-state index in [2.05, 4.69) is 0 Å². The number of thiophene rings is 1. The van der Waals surface area contributed by atoms with Crippen LogP contribution in [0.25, 0.3) is 0 Å². The summed E-state index contributed by atoms with van der Waals surface area (Å²) < 4.78 is 0. The summed E-state index contributed by atoms with van der Waals surface area (Å²) in [5, 5.41) is 12.0. The molecule has 1 unspecified atom stereocenters. The van der Waals surface area contributed by atoms with E-state index < -0.39 is 11.9 Å². The maximum absolute atomic E-state index is 11.5. The number of aryl methyl sites for hydroxylation is 2. The molecule has 1 atom stereocenters. The van der Waals surface area contributed by atoms with Crippen molar-refractivity contribution < 1.29 is 9.90 Å². The molecule has 1 N–H and O–H groups in total. The summed E-state index contributed by atoms with van der Waals surface area (Å²) >= 11 is 7.69. The van der Waals surface area contributed by atoms with Gasteiger partial charge in [0, 0.05) is 9.90 Å². The summed E-state index contributed by atoms with van der Waals surface area (Å²) in [6.45, 7) is 3.91. The van der Waals surface area contributed by atoms with Gasteiger partial charge in [0.25, 0.3) is 0 Å². The second-order valence-corrected chi connectivity index (χ2v) is 6.04. The lowest BCUT2D eigenvalue weighted by atomic mass is 9.93. The molecule has 0 bridgehead atoms. The smallest absolute Gasteiger partial charge is 0.311 e. The topological polar surface area (TPSA) is 37.3 Å². The van der Waals surface area contributed by atoms with E-state index in [9.17, 15) is 9.90 Å². The van der Waals surface area contributed by atoms with Crippen LogP contribution in [0.1, 0.15) is 27.5 Å². The lowest BCUT2D eigenvalue weighted by molar-refractivity contribution is -0.138. The molecule has 0 saturated heterocycles. The molecule has 0 spiro atoms.